The molecule has 1 unspecified atom stereocenters. The number of anilines is 2. The Morgan fingerprint density at radius 2 is 2.00 bits per heavy atom. The summed E-state index contributed by atoms with van der Waals surface area (Å²) < 4.78 is 5.81. The summed E-state index contributed by atoms with van der Waals surface area (Å²) in [5.41, 5.74) is 2.01. The van der Waals surface area contributed by atoms with Gasteiger partial charge in [-0.15, -0.1) is 11.3 Å². The molecule has 5 heteroatoms. The van der Waals surface area contributed by atoms with Gasteiger partial charge in [-0.2, -0.15) is 0 Å². The summed E-state index contributed by atoms with van der Waals surface area (Å²) in [5, 5.41) is 9.69. The molecule has 1 heterocycles. The zero-order valence-electron chi connectivity index (χ0n) is 13.0. The van der Waals surface area contributed by atoms with E-state index in [1.807, 2.05) is 38.1 Å². The Labute approximate surface area is 130 Å². The number of benzene rings is 1. The Balaban J connectivity index is 2.11. The Morgan fingerprint density at radius 3 is 2.71 bits per heavy atom. The second-order valence-corrected chi connectivity index (χ2v) is 6.00. The highest BCUT2D eigenvalue weighted by Crippen LogP contribution is 2.30. The molecule has 1 aromatic heterocycles. The van der Waals surface area contributed by atoms with Gasteiger partial charge in [0.1, 0.15) is 5.75 Å². The van der Waals surface area contributed by atoms with Crippen LogP contribution in [0.2, 0.25) is 0 Å². The van der Waals surface area contributed by atoms with Gasteiger partial charge in [0.2, 0.25) is 0 Å². The van der Waals surface area contributed by atoms with Gasteiger partial charge in [-0.25, -0.2) is 4.98 Å². The van der Waals surface area contributed by atoms with Crippen molar-refractivity contribution >= 4 is 22.2 Å². The Morgan fingerprint density at radius 1 is 1.24 bits per heavy atom. The van der Waals surface area contributed by atoms with Crippen molar-refractivity contribution in [1.82, 2.24) is 10.3 Å². The number of hydrogen-bond acceptors (Lipinski definition) is 5. The van der Waals surface area contributed by atoms with Gasteiger partial charge in [0.05, 0.1) is 17.5 Å². The Hall–Kier alpha value is -1.59. The lowest BCUT2D eigenvalue weighted by Crippen LogP contribution is -2.17. The van der Waals surface area contributed by atoms with Crippen molar-refractivity contribution in [3.05, 3.63) is 35.3 Å². The first-order valence-corrected chi connectivity index (χ1v) is 8.19. The molecule has 4 nitrogen and oxygen atoms in total. The third-order valence-electron chi connectivity index (χ3n) is 2.97. The lowest BCUT2D eigenvalue weighted by molar-refractivity contribution is 0.244. The van der Waals surface area contributed by atoms with Crippen molar-refractivity contribution in [3.63, 3.8) is 0 Å². The lowest BCUT2D eigenvalue weighted by atomic mass is 10.2. The van der Waals surface area contributed by atoms with Crippen LogP contribution in [0.15, 0.2) is 29.6 Å². The average Bonchev–Trinajstić information content (AvgIpc) is 2.89. The number of thiazole rings is 1. The number of rotatable bonds is 7. The van der Waals surface area contributed by atoms with Gasteiger partial charge in [-0.05, 0) is 39.4 Å². The minimum absolute atomic E-state index is 0.147. The van der Waals surface area contributed by atoms with E-state index in [9.17, 15) is 0 Å². The molecule has 1 atom stereocenters. The summed E-state index contributed by atoms with van der Waals surface area (Å²) >= 11 is 1.61. The van der Waals surface area contributed by atoms with Gasteiger partial charge in [0, 0.05) is 11.4 Å². The molecule has 2 aromatic rings. The summed E-state index contributed by atoms with van der Waals surface area (Å²) in [6.07, 6.45) is 0.147. The molecule has 1 aromatic carbocycles. The minimum atomic E-state index is 0.147. The van der Waals surface area contributed by atoms with E-state index in [0.717, 1.165) is 28.8 Å². The summed E-state index contributed by atoms with van der Waals surface area (Å²) in [6, 6.07) is 8.21. The normalized spacial score (nSPS) is 12.4. The monoisotopic (exact) mass is 305 g/mol. The quantitative estimate of drug-likeness (QED) is 0.798. The van der Waals surface area contributed by atoms with E-state index in [2.05, 4.69) is 34.8 Å². The zero-order chi connectivity index (χ0) is 15.2. The first-order valence-electron chi connectivity index (χ1n) is 7.31. The highest BCUT2D eigenvalue weighted by Gasteiger charge is 2.11. The number of nitrogens with zero attached hydrogens (tertiary/aromatic N) is 1. The molecule has 0 aliphatic carbocycles. The van der Waals surface area contributed by atoms with Crippen LogP contribution >= 0.6 is 11.3 Å². The topological polar surface area (TPSA) is 46.2 Å². The fourth-order valence-electron chi connectivity index (χ4n) is 2.00. The van der Waals surface area contributed by atoms with E-state index >= 15 is 0 Å². The van der Waals surface area contributed by atoms with Gasteiger partial charge >= 0.3 is 0 Å². The van der Waals surface area contributed by atoms with Crippen molar-refractivity contribution in [2.75, 3.05) is 11.9 Å². The van der Waals surface area contributed by atoms with Crippen molar-refractivity contribution in [3.8, 4) is 5.75 Å². The molecular formula is C16H23N3OS. The molecule has 0 fully saturated rings. The maximum atomic E-state index is 5.81. The third-order valence-corrected chi connectivity index (χ3v) is 3.74. The summed E-state index contributed by atoms with van der Waals surface area (Å²) in [6.45, 7) is 9.21. The fourth-order valence-corrected chi connectivity index (χ4v) is 2.81. The molecule has 0 amide bonds. The summed E-state index contributed by atoms with van der Waals surface area (Å²) in [4.78, 5) is 4.63. The molecule has 2 rings (SSSR count). The van der Waals surface area contributed by atoms with E-state index < -0.39 is 0 Å². The lowest BCUT2D eigenvalue weighted by Gasteiger charge is -2.14. The van der Waals surface area contributed by atoms with Crippen molar-refractivity contribution in [2.45, 2.75) is 39.8 Å². The molecule has 0 saturated carbocycles. The Kier molecular flexibility index (Phi) is 5.59. The molecule has 2 N–H and O–H groups in total. The van der Waals surface area contributed by atoms with E-state index in [1.165, 1.54) is 0 Å². The van der Waals surface area contributed by atoms with Gasteiger partial charge in [0.25, 0.3) is 0 Å². The van der Waals surface area contributed by atoms with Gasteiger partial charge in [-0.3, -0.25) is 0 Å². The van der Waals surface area contributed by atoms with Gasteiger partial charge in [0.15, 0.2) is 5.13 Å². The molecule has 0 saturated heterocycles. The van der Waals surface area contributed by atoms with Crippen LogP contribution < -0.4 is 15.4 Å². The van der Waals surface area contributed by atoms with Crippen molar-refractivity contribution < 1.29 is 4.74 Å². The van der Waals surface area contributed by atoms with Crippen molar-refractivity contribution in [1.29, 1.82) is 0 Å². The van der Waals surface area contributed by atoms with E-state index in [0.29, 0.717) is 0 Å². The zero-order valence-corrected chi connectivity index (χ0v) is 13.8. The molecule has 0 radical (unpaired) electrons. The van der Waals surface area contributed by atoms with Gasteiger partial charge < -0.3 is 15.4 Å². The largest absolute Gasteiger partial charge is 0.489 e. The van der Waals surface area contributed by atoms with Crippen LogP contribution in [0.1, 0.15) is 39.4 Å². The predicted octanol–water partition coefficient (Wildman–Crippen LogP) is 4.34. The fraction of sp³-hybridized carbons (Fsp3) is 0.438. The van der Waals surface area contributed by atoms with Crippen LogP contribution in [0.5, 0.6) is 5.75 Å². The van der Waals surface area contributed by atoms with Crippen LogP contribution in [-0.2, 0) is 0 Å². The Bertz CT molecular complexity index is 568. The molecule has 0 aliphatic heterocycles. The van der Waals surface area contributed by atoms with E-state index in [1.54, 1.807) is 11.3 Å². The van der Waals surface area contributed by atoms with E-state index in [-0.39, 0.29) is 12.1 Å². The standard InChI is InChI=1S/C16H23N3OS/c1-5-17-12(4)14-10-21-16(19-14)18-13-8-6-7-9-15(13)20-11(2)3/h6-12,17H,5H2,1-4H3,(H,18,19). The second-order valence-electron chi connectivity index (χ2n) is 5.14. The maximum absolute atomic E-state index is 5.81. The summed E-state index contributed by atoms with van der Waals surface area (Å²) in [7, 11) is 0. The van der Waals surface area contributed by atoms with Crippen molar-refractivity contribution in [2.24, 2.45) is 0 Å². The van der Waals surface area contributed by atoms with Crippen LogP contribution in [0.25, 0.3) is 0 Å². The molecule has 114 valence electrons. The third kappa shape index (κ3) is 4.44. The number of nitrogens with one attached hydrogen (secondary N) is 2. The van der Waals surface area contributed by atoms with Crippen LogP contribution in [0.4, 0.5) is 10.8 Å². The molecule has 0 spiro atoms. The molecule has 21 heavy (non-hydrogen) atoms. The maximum Gasteiger partial charge on any atom is 0.187 e. The molecule has 0 aliphatic rings. The number of hydrogen-bond donors (Lipinski definition) is 2. The van der Waals surface area contributed by atoms with Crippen LogP contribution in [-0.4, -0.2) is 17.6 Å². The van der Waals surface area contributed by atoms with Gasteiger partial charge in [-0.1, -0.05) is 19.1 Å². The molecular weight excluding hydrogens is 282 g/mol. The minimum Gasteiger partial charge on any atom is -0.489 e. The van der Waals surface area contributed by atoms with Crippen LogP contribution in [0, 0.1) is 0 Å². The smallest absolute Gasteiger partial charge is 0.187 e. The highest BCUT2D eigenvalue weighted by molar-refractivity contribution is 7.13. The van der Waals surface area contributed by atoms with Crippen LogP contribution in [0.3, 0.4) is 0 Å². The number of para-hydroxylation sites is 2. The number of ether oxygens (including phenoxy) is 1. The highest BCUT2D eigenvalue weighted by atomic mass is 32.1. The second kappa shape index (κ2) is 7.43. The average molecular weight is 305 g/mol. The summed E-state index contributed by atoms with van der Waals surface area (Å²) in [5.74, 6) is 0.851. The first kappa shape index (κ1) is 15.8. The first-order chi connectivity index (χ1) is 10.1. The molecule has 0 bridgehead atoms. The number of aromatic nitrogens is 1. The predicted molar refractivity (Wildman–Crippen MR) is 89.7 cm³/mol. The van der Waals surface area contributed by atoms with E-state index in [4.69, 9.17) is 4.74 Å². The SMILES string of the molecule is CCNC(C)c1csc(Nc2ccccc2OC(C)C)n1.